The smallest absolute Gasteiger partial charge is 0.337 e. The Bertz CT molecular complexity index is 1750. The number of benzene rings is 3. The molecule has 10 heteroatoms. The summed E-state index contributed by atoms with van der Waals surface area (Å²) in [6, 6.07) is 17.2. The number of carboxylic acid groups (broad SMARTS) is 1. The zero-order chi connectivity index (χ0) is 30.1. The highest BCUT2D eigenvalue weighted by Gasteiger charge is 2.24. The topological polar surface area (TPSA) is 80.7 Å². The van der Waals surface area contributed by atoms with Crippen molar-refractivity contribution in [2.75, 3.05) is 20.6 Å². The molecule has 43 heavy (non-hydrogen) atoms. The second-order valence-electron chi connectivity index (χ2n) is 11.0. The van der Waals surface area contributed by atoms with Crippen molar-refractivity contribution >= 4 is 52.5 Å². The molecule has 2 heterocycles. The molecule has 0 atom stereocenters. The van der Waals surface area contributed by atoms with Crippen molar-refractivity contribution in [1.29, 1.82) is 0 Å². The molecule has 7 nitrogen and oxygen atoms in total. The summed E-state index contributed by atoms with van der Waals surface area (Å²) in [7, 11) is 4.00. The Labute approximate surface area is 267 Å². The van der Waals surface area contributed by atoms with Crippen molar-refractivity contribution in [2.24, 2.45) is 0 Å². The minimum Gasteiger partial charge on any atom is -0.489 e. The van der Waals surface area contributed by atoms with Crippen LogP contribution in [0.3, 0.4) is 0 Å². The summed E-state index contributed by atoms with van der Waals surface area (Å²) < 4.78 is 14.0. The van der Waals surface area contributed by atoms with E-state index in [1.165, 1.54) is 0 Å². The highest BCUT2D eigenvalue weighted by Crippen LogP contribution is 2.39. The Kier molecular flexibility index (Phi) is 10.1. The third-order valence-corrected chi connectivity index (χ3v) is 7.97. The molecule has 0 radical (unpaired) electrons. The average molecular weight is 643 g/mol. The fourth-order valence-electron chi connectivity index (χ4n) is 5.16. The van der Waals surface area contributed by atoms with Crippen LogP contribution in [-0.4, -0.2) is 46.3 Å². The molecule has 0 amide bonds. The Morgan fingerprint density at radius 2 is 1.81 bits per heavy atom. The lowest BCUT2D eigenvalue weighted by Gasteiger charge is -2.14. The summed E-state index contributed by atoms with van der Waals surface area (Å²) >= 11 is 13.0. The van der Waals surface area contributed by atoms with E-state index in [2.05, 4.69) is 16.1 Å². The highest BCUT2D eigenvalue weighted by molar-refractivity contribution is 6.39. The number of carbonyl (C=O) groups is 1. The van der Waals surface area contributed by atoms with E-state index in [1.807, 2.05) is 69.8 Å². The number of nitrogens with zero attached hydrogens (tertiary/aromatic N) is 3. The Hall–Kier alpha value is -3.49. The number of hydrogen-bond acceptors (Lipinski definition) is 5. The van der Waals surface area contributed by atoms with Gasteiger partial charge in [-0.05, 0) is 68.0 Å². The lowest BCUT2D eigenvalue weighted by Crippen LogP contribution is -2.18. The zero-order valence-electron chi connectivity index (χ0n) is 24.6. The first kappa shape index (κ1) is 32.4. The molecule has 2 aromatic heterocycles. The molecular weight excluding hydrogens is 609 g/mol. The number of halogens is 3. The number of fused-ring (bicyclic) bond motifs is 1. The second-order valence-corrected chi connectivity index (χ2v) is 11.8. The van der Waals surface area contributed by atoms with Gasteiger partial charge in [0.15, 0.2) is 0 Å². The summed E-state index contributed by atoms with van der Waals surface area (Å²) in [4.78, 5) is 14.0. The van der Waals surface area contributed by atoms with Crippen molar-refractivity contribution in [3.8, 4) is 28.1 Å². The highest BCUT2D eigenvalue weighted by atomic mass is 35.5. The van der Waals surface area contributed by atoms with Gasteiger partial charge in [0.1, 0.15) is 23.8 Å². The van der Waals surface area contributed by atoms with Crippen LogP contribution in [-0.2, 0) is 13.2 Å². The fourth-order valence-corrected chi connectivity index (χ4v) is 5.74. The van der Waals surface area contributed by atoms with Gasteiger partial charge in [0.2, 0.25) is 0 Å². The number of carboxylic acids is 1. The number of rotatable bonds is 10. The third-order valence-electron chi connectivity index (χ3n) is 7.34. The molecule has 0 fully saturated rings. The van der Waals surface area contributed by atoms with Crippen LogP contribution in [0.4, 0.5) is 0 Å². The minimum atomic E-state index is -0.928. The fraction of sp³-hybridized carbons (Fsp3) is 0.273. The Morgan fingerprint density at radius 1 is 1.09 bits per heavy atom. The van der Waals surface area contributed by atoms with Gasteiger partial charge in [-0.25, -0.2) is 4.79 Å². The first-order valence-electron chi connectivity index (χ1n) is 13.7. The second kappa shape index (κ2) is 13.4. The monoisotopic (exact) mass is 641 g/mol. The van der Waals surface area contributed by atoms with Crippen LogP contribution in [0, 0.1) is 6.92 Å². The lowest BCUT2D eigenvalue weighted by molar-refractivity contribution is 0.0698. The van der Waals surface area contributed by atoms with Gasteiger partial charge in [0, 0.05) is 41.7 Å². The van der Waals surface area contributed by atoms with Crippen molar-refractivity contribution < 1.29 is 19.2 Å². The molecule has 0 saturated carbocycles. The predicted octanol–water partition coefficient (Wildman–Crippen LogP) is 8.96. The molecule has 226 valence electrons. The first-order valence-corrected chi connectivity index (χ1v) is 14.5. The molecular formula is C33H34Cl3N3O4. The van der Waals surface area contributed by atoms with Gasteiger partial charge in [0.05, 0.1) is 21.2 Å². The van der Waals surface area contributed by atoms with Crippen molar-refractivity contribution in [1.82, 2.24) is 14.6 Å². The van der Waals surface area contributed by atoms with Crippen LogP contribution < -0.4 is 4.74 Å². The van der Waals surface area contributed by atoms with Gasteiger partial charge in [-0.3, -0.25) is 0 Å². The standard InChI is InChI=1S/C33H33Cl2N3O4.ClH/c1-19(2)32-26(31(36-42-32)30-27(34)7-6-8-28(30)35)18-41-22-10-12-23(20(3)15-22)21-9-11-24-25(33(39)40)17-38(29(24)16-21)14-13-37(4)5;/h6-12,15-17,19H,13-14,18H2,1-5H3,(H,39,40);1H. The predicted molar refractivity (Wildman–Crippen MR) is 175 cm³/mol. The van der Waals surface area contributed by atoms with Gasteiger partial charge in [0.25, 0.3) is 0 Å². The van der Waals surface area contributed by atoms with Crippen molar-refractivity contribution in [2.45, 2.75) is 39.8 Å². The maximum absolute atomic E-state index is 11.9. The number of hydrogen-bond donors (Lipinski definition) is 1. The zero-order valence-corrected chi connectivity index (χ0v) is 27.0. The first-order chi connectivity index (χ1) is 20.0. The normalized spacial score (nSPS) is 11.4. The van der Waals surface area contributed by atoms with E-state index in [4.69, 9.17) is 32.5 Å². The van der Waals surface area contributed by atoms with E-state index in [9.17, 15) is 9.90 Å². The molecule has 0 bridgehead atoms. The summed E-state index contributed by atoms with van der Waals surface area (Å²) in [5.41, 5.74) is 6.28. The van der Waals surface area contributed by atoms with Crippen LogP contribution in [0.15, 0.2) is 65.3 Å². The van der Waals surface area contributed by atoms with Crippen LogP contribution >= 0.6 is 35.6 Å². The maximum Gasteiger partial charge on any atom is 0.337 e. The summed E-state index contributed by atoms with van der Waals surface area (Å²) in [5.74, 6) is 0.582. The average Bonchev–Trinajstić information content (AvgIpc) is 3.52. The molecule has 0 aliphatic rings. The number of aryl methyl sites for hydroxylation is 1. The molecule has 0 aliphatic heterocycles. The molecule has 3 aromatic carbocycles. The SMILES string of the molecule is Cc1cc(OCc2c(-c3c(Cl)cccc3Cl)noc2C(C)C)ccc1-c1ccc2c(C(=O)O)cn(CCN(C)C)c2c1.Cl. The maximum atomic E-state index is 11.9. The Morgan fingerprint density at radius 3 is 2.44 bits per heavy atom. The van der Waals surface area contributed by atoms with E-state index >= 15 is 0 Å². The summed E-state index contributed by atoms with van der Waals surface area (Å²) in [5, 5.41) is 15.8. The third kappa shape index (κ3) is 6.70. The molecule has 0 unspecified atom stereocenters. The van der Waals surface area contributed by atoms with Crippen LogP contribution in [0.2, 0.25) is 10.0 Å². The molecule has 1 N–H and O–H groups in total. The lowest BCUT2D eigenvalue weighted by atomic mass is 9.98. The number of likely N-dealkylation sites (N-methyl/N-ethyl adjacent to an activating group) is 1. The molecule has 5 aromatic rings. The van der Waals surface area contributed by atoms with E-state index < -0.39 is 5.97 Å². The molecule has 0 aliphatic carbocycles. The van der Waals surface area contributed by atoms with Gasteiger partial charge in [-0.15, -0.1) is 12.4 Å². The summed E-state index contributed by atoms with van der Waals surface area (Å²) in [6.45, 7) is 7.83. The van der Waals surface area contributed by atoms with Gasteiger partial charge < -0.3 is 23.8 Å². The minimum absolute atomic E-state index is 0. The van der Waals surface area contributed by atoms with E-state index in [1.54, 1.807) is 24.4 Å². The molecule has 0 spiro atoms. The Balaban J connectivity index is 0.00000423. The van der Waals surface area contributed by atoms with E-state index in [0.29, 0.717) is 39.2 Å². The molecule has 5 rings (SSSR count). The number of aromatic nitrogens is 2. The number of aromatic carboxylic acids is 1. The van der Waals surface area contributed by atoms with Gasteiger partial charge in [-0.2, -0.15) is 0 Å². The number of ether oxygens (including phenoxy) is 1. The van der Waals surface area contributed by atoms with Crippen LogP contribution in [0.5, 0.6) is 5.75 Å². The van der Waals surface area contributed by atoms with Crippen molar-refractivity contribution in [3.63, 3.8) is 0 Å². The van der Waals surface area contributed by atoms with E-state index in [-0.39, 0.29) is 24.9 Å². The van der Waals surface area contributed by atoms with E-state index in [0.717, 1.165) is 45.5 Å². The largest absolute Gasteiger partial charge is 0.489 e. The quantitative estimate of drug-likeness (QED) is 0.164. The van der Waals surface area contributed by atoms with Crippen LogP contribution in [0.25, 0.3) is 33.3 Å². The molecule has 0 saturated heterocycles. The summed E-state index contributed by atoms with van der Waals surface area (Å²) in [6.07, 6.45) is 1.73. The van der Waals surface area contributed by atoms with Crippen molar-refractivity contribution in [3.05, 3.63) is 93.3 Å². The van der Waals surface area contributed by atoms with Gasteiger partial charge >= 0.3 is 5.97 Å². The van der Waals surface area contributed by atoms with Crippen LogP contribution in [0.1, 0.15) is 47.0 Å². The van der Waals surface area contributed by atoms with Gasteiger partial charge in [-0.1, -0.05) is 66.5 Å².